The van der Waals surface area contributed by atoms with Gasteiger partial charge >= 0.3 is 0 Å². The molecule has 3 saturated carbocycles. The average molecular weight is 457 g/mol. The van der Waals surface area contributed by atoms with Crippen molar-refractivity contribution >= 4 is 8.32 Å². The van der Waals surface area contributed by atoms with Gasteiger partial charge in [-0.05, 0) is 105 Å². The molecular formula is C30H52OSi. The Kier molecular flexibility index (Phi) is 6.99. The lowest BCUT2D eigenvalue weighted by Gasteiger charge is -2.55. The van der Waals surface area contributed by atoms with Crippen LogP contribution in [-0.2, 0) is 4.43 Å². The number of hydrogen-bond acceptors (Lipinski definition) is 1. The SMILES string of the molecule is CC(C)CCC[C@@H](C)[C@H]1CC[C@H]2C3=CC=C4C[C@@H](O[Si](C)(C)C)CC[C@]4(C)[C@H]3CC[C@]12C. The van der Waals surface area contributed by atoms with E-state index < -0.39 is 8.32 Å². The first kappa shape index (κ1) is 24.8. The van der Waals surface area contributed by atoms with E-state index >= 15 is 0 Å². The normalized spacial score (nSPS) is 40.3. The molecule has 0 aromatic carbocycles. The Balaban J connectivity index is 1.50. The Morgan fingerprint density at radius 2 is 1.69 bits per heavy atom. The molecule has 0 saturated heterocycles. The molecular weight excluding hydrogens is 404 g/mol. The van der Waals surface area contributed by atoms with Crippen LogP contribution >= 0.6 is 0 Å². The summed E-state index contributed by atoms with van der Waals surface area (Å²) in [5.41, 5.74) is 4.50. The van der Waals surface area contributed by atoms with E-state index in [1.165, 1.54) is 64.2 Å². The van der Waals surface area contributed by atoms with Crippen molar-refractivity contribution in [1.82, 2.24) is 0 Å². The third kappa shape index (κ3) is 4.61. The van der Waals surface area contributed by atoms with Crippen molar-refractivity contribution in [2.45, 2.75) is 125 Å². The molecule has 0 unspecified atom stereocenters. The fraction of sp³-hybridized carbons (Fsp3) is 0.867. The first-order chi connectivity index (χ1) is 14.9. The molecule has 0 amide bonds. The van der Waals surface area contributed by atoms with Gasteiger partial charge in [-0.3, -0.25) is 0 Å². The summed E-state index contributed by atoms with van der Waals surface area (Å²) in [5, 5.41) is 0. The van der Waals surface area contributed by atoms with Crippen molar-refractivity contribution in [3.8, 4) is 0 Å². The molecule has 182 valence electrons. The molecule has 3 fully saturated rings. The molecule has 4 rings (SSSR count). The molecule has 32 heavy (non-hydrogen) atoms. The van der Waals surface area contributed by atoms with Gasteiger partial charge in [0.25, 0.3) is 0 Å². The average Bonchev–Trinajstić information content (AvgIpc) is 3.04. The minimum Gasteiger partial charge on any atom is -0.414 e. The van der Waals surface area contributed by atoms with Gasteiger partial charge in [0.15, 0.2) is 8.32 Å². The second kappa shape index (κ2) is 9.03. The van der Waals surface area contributed by atoms with Gasteiger partial charge in [0, 0.05) is 6.10 Å². The number of hydrogen-bond donors (Lipinski definition) is 0. The van der Waals surface area contributed by atoms with Crippen LogP contribution in [0.2, 0.25) is 19.6 Å². The summed E-state index contributed by atoms with van der Waals surface area (Å²) in [6.07, 6.45) is 19.5. The highest BCUT2D eigenvalue weighted by Gasteiger charge is 2.57. The van der Waals surface area contributed by atoms with Crippen LogP contribution in [0.5, 0.6) is 0 Å². The summed E-state index contributed by atoms with van der Waals surface area (Å²) in [6.45, 7) is 19.7. The second-order valence-electron chi connectivity index (χ2n) is 14.0. The summed E-state index contributed by atoms with van der Waals surface area (Å²) in [6, 6.07) is 0. The Morgan fingerprint density at radius 3 is 2.38 bits per heavy atom. The van der Waals surface area contributed by atoms with Gasteiger partial charge in [0.2, 0.25) is 0 Å². The lowest BCUT2D eigenvalue weighted by molar-refractivity contribution is 0.0351. The zero-order valence-corrected chi connectivity index (χ0v) is 23.6. The van der Waals surface area contributed by atoms with Gasteiger partial charge in [-0.2, -0.15) is 0 Å². The first-order valence-electron chi connectivity index (χ1n) is 14.0. The van der Waals surface area contributed by atoms with Crippen molar-refractivity contribution in [3.05, 3.63) is 23.3 Å². The lowest BCUT2D eigenvalue weighted by atomic mass is 9.50. The predicted molar refractivity (Wildman–Crippen MR) is 141 cm³/mol. The molecule has 0 aromatic rings. The van der Waals surface area contributed by atoms with E-state index in [1.54, 1.807) is 5.57 Å². The van der Waals surface area contributed by atoms with E-state index in [4.69, 9.17) is 4.43 Å². The molecule has 0 N–H and O–H groups in total. The van der Waals surface area contributed by atoms with Crippen LogP contribution in [0.25, 0.3) is 0 Å². The monoisotopic (exact) mass is 456 g/mol. The predicted octanol–water partition coefficient (Wildman–Crippen LogP) is 9.17. The summed E-state index contributed by atoms with van der Waals surface area (Å²) < 4.78 is 6.56. The van der Waals surface area contributed by atoms with Gasteiger partial charge in [-0.1, -0.05) is 77.2 Å². The van der Waals surface area contributed by atoms with Crippen LogP contribution in [0.3, 0.4) is 0 Å². The zero-order chi connectivity index (χ0) is 23.3. The quantitative estimate of drug-likeness (QED) is 0.347. The summed E-state index contributed by atoms with van der Waals surface area (Å²) in [5.74, 6) is 4.30. The number of allylic oxidation sites excluding steroid dienone is 3. The van der Waals surface area contributed by atoms with E-state index in [1.807, 2.05) is 5.57 Å². The van der Waals surface area contributed by atoms with Crippen molar-refractivity contribution in [2.75, 3.05) is 0 Å². The third-order valence-corrected chi connectivity index (χ3v) is 11.3. The van der Waals surface area contributed by atoms with Crippen molar-refractivity contribution < 1.29 is 4.43 Å². The first-order valence-corrected chi connectivity index (χ1v) is 17.4. The molecule has 0 heterocycles. The smallest absolute Gasteiger partial charge is 0.184 e. The highest BCUT2D eigenvalue weighted by Crippen LogP contribution is 2.66. The van der Waals surface area contributed by atoms with Crippen molar-refractivity contribution in [3.63, 3.8) is 0 Å². The maximum Gasteiger partial charge on any atom is 0.184 e. The Labute approximate surface area is 201 Å². The molecule has 0 radical (unpaired) electrons. The van der Waals surface area contributed by atoms with E-state index in [-0.39, 0.29) is 0 Å². The van der Waals surface area contributed by atoms with E-state index in [9.17, 15) is 0 Å². The van der Waals surface area contributed by atoms with Gasteiger partial charge in [0.05, 0.1) is 0 Å². The molecule has 0 aliphatic heterocycles. The minimum atomic E-state index is -1.47. The number of fused-ring (bicyclic) bond motifs is 5. The molecule has 0 spiro atoms. The van der Waals surface area contributed by atoms with Gasteiger partial charge < -0.3 is 4.43 Å². The molecule has 0 aromatic heterocycles. The highest BCUT2D eigenvalue weighted by atomic mass is 28.4. The van der Waals surface area contributed by atoms with Crippen LogP contribution < -0.4 is 0 Å². The fourth-order valence-electron chi connectivity index (χ4n) is 8.59. The molecule has 4 aliphatic rings. The summed E-state index contributed by atoms with van der Waals surface area (Å²) in [4.78, 5) is 0. The third-order valence-electron chi connectivity index (χ3n) is 10.2. The van der Waals surface area contributed by atoms with Crippen LogP contribution in [0, 0.1) is 40.4 Å². The van der Waals surface area contributed by atoms with Gasteiger partial charge in [-0.15, -0.1) is 0 Å². The highest BCUT2D eigenvalue weighted by molar-refractivity contribution is 6.69. The minimum absolute atomic E-state index is 0.395. The van der Waals surface area contributed by atoms with E-state index in [0.29, 0.717) is 16.9 Å². The second-order valence-corrected chi connectivity index (χ2v) is 18.5. The standard InChI is InChI=1S/C30H52OSi/c1-21(2)10-9-11-22(3)26-14-15-27-25-13-12-23-20-24(31-32(6,7)8)16-18-29(23,4)28(25)17-19-30(26,27)5/h12-13,21-22,24,26-28H,9-11,14-20H2,1-8H3/t22-,24+,26-,27+,28+,29+,30-/m1/s1. The van der Waals surface area contributed by atoms with Gasteiger partial charge in [0.1, 0.15) is 0 Å². The molecule has 1 nitrogen and oxygen atoms in total. The summed E-state index contributed by atoms with van der Waals surface area (Å²) >= 11 is 0. The summed E-state index contributed by atoms with van der Waals surface area (Å²) in [7, 11) is -1.47. The zero-order valence-electron chi connectivity index (χ0n) is 22.6. The van der Waals surface area contributed by atoms with Crippen LogP contribution in [0.4, 0.5) is 0 Å². The maximum atomic E-state index is 6.56. The van der Waals surface area contributed by atoms with Gasteiger partial charge in [-0.25, -0.2) is 0 Å². The molecule has 4 aliphatic carbocycles. The van der Waals surface area contributed by atoms with Crippen LogP contribution in [0.15, 0.2) is 23.3 Å². The van der Waals surface area contributed by atoms with Crippen LogP contribution in [-0.4, -0.2) is 14.4 Å². The Hall–Kier alpha value is -0.343. The molecule has 2 heteroatoms. The topological polar surface area (TPSA) is 9.23 Å². The molecule has 7 atom stereocenters. The van der Waals surface area contributed by atoms with E-state index in [2.05, 4.69) is 66.4 Å². The van der Waals surface area contributed by atoms with E-state index in [0.717, 1.165) is 29.6 Å². The fourth-order valence-corrected chi connectivity index (χ4v) is 9.80. The Morgan fingerprint density at radius 1 is 0.938 bits per heavy atom. The largest absolute Gasteiger partial charge is 0.414 e. The number of rotatable bonds is 7. The van der Waals surface area contributed by atoms with Crippen molar-refractivity contribution in [1.29, 1.82) is 0 Å². The van der Waals surface area contributed by atoms with Crippen LogP contribution in [0.1, 0.15) is 98.8 Å². The van der Waals surface area contributed by atoms with Crippen molar-refractivity contribution in [2.24, 2.45) is 40.4 Å². The lowest BCUT2D eigenvalue weighted by Crippen LogP contribution is -2.47. The Bertz CT molecular complexity index is 742. The molecule has 0 bridgehead atoms. The maximum absolute atomic E-state index is 6.56.